The van der Waals surface area contributed by atoms with Gasteiger partial charge in [-0.2, -0.15) is 0 Å². The van der Waals surface area contributed by atoms with Gasteiger partial charge in [-0.05, 0) is 42.8 Å². The highest BCUT2D eigenvalue weighted by Gasteiger charge is 2.11. The first-order chi connectivity index (χ1) is 13.5. The van der Waals surface area contributed by atoms with Gasteiger partial charge in [0.2, 0.25) is 0 Å². The molecule has 142 valence electrons. The van der Waals surface area contributed by atoms with Gasteiger partial charge in [0, 0.05) is 12.2 Å². The molecule has 28 heavy (non-hydrogen) atoms. The first kappa shape index (κ1) is 19.0. The molecule has 2 aromatic carbocycles. The van der Waals surface area contributed by atoms with Crippen LogP contribution < -0.4 is 10.6 Å². The summed E-state index contributed by atoms with van der Waals surface area (Å²) in [6.45, 7) is 2.65. The third-order valence-electron chi connectivity index (χ3n) is 4.03. The zero-order chi connectivity index (χ0) is 19.9. The van der Waals surface area contributed by atoms with Gasteiger partial charge in [0.15, 0.2) is 5.69 Å². The molecule has 1 aromatic heterocycles. The molecule has 0 saturated carbocycles. The molecule has 3 aromatic rings. The van der Waals surface area contributed by atoms with Crippen molar-refractivity contribution >= 4 is 23.4 Å². The quantitative estimate of drug-likeness (QED) is 0.640. The number of aromatic nitrogens is 2. The first-order valence-corrected chi connectivity index (χ1v) is 8.68. The molecule has 0 saturated heterocycles. The lowest BCUT2D eigenvalue weighted by Gasteiger charge is -2.08. The number of anilines is 2. The molecule has 7 heteroatoms. The van der Waals surface area contributed by atoms with Crippen molar-refractivity contribution in [3.63, 3.8) is 0 Å². The molecule has 0 spiro atoms. The molecule has 3 rings (SSSR count). The topological polar surface area (TPSA) is 93.2 Å². The summed E-state index contributed by atoms with van der Waals surface area (Å²) in [5.74, 6) is -0.315. The molecule has 0 radical (unpaired) electrons. The Kier molecular flexibility index (Phi) is 5.96. The Morgan fingerprint density at radius 2 is 1.79 bits per heavy atom. The zero-order valence-corrected chi connectivity index (χ0v) is 15.6. The average Bonchev–Trinajstić information content (AvgIpc) is 2.73. The van der Waals surface area contributed by atoms with Crippen LogP contribution in [0.3, 0.4) is 0 Å². The second-order valence-electron chi connectivity index (χ2n) is 6.17. The van der Waals surface area contributed by atoms with Crippen LogP contribution >= 0.6 is 0 Å². The van der Waals surface area contributed by atoms with Crippen LogP contribution in [-0.2, 0) is 11.3 Å². The van der Waals surface area contributed by atoms with Gasteiger partial charge in [-0.25, -0.2) is 4.79 Å². The fourth-order valence-corrected chi connectivity index (χ4v) is 2.48. The van der Waals surface area contributed by atoms with E-state index in [1.54, 1.807) is 30.3 Å². The monoisotopic (exact) mass is 376 g/mol. The number of nitrogens with zero attached hydrogens (tertiary/aromatic N) is 2. The molecule has 0 aliphatic heterocycles. The second-order valence-corrected chi connectivity index (χ2v) is 6.17. The number of aryl methyl sites for hydroxylation is 1. The van der Waals surface area contributed by atoms with Crippen molar-refractivity contribution in [3.05, 3.63) is 83.0 Å². The molecule has 0 fully saturated rings. The van der Waals surface area contributed by atoms with Gasteiger partial charge in [-0.1, -0.05) is 35.9 Å². The lowest BCUT2D eigenvalue weighted by Crippen LogP contribution is -2.15. The van der Waals surface area contributed by atoms with Gasteiger partial charge in [-0.3, -0.25) is 4.79 Å². The predicted molar refractivity (Wildman–Crippen MR) is 106 cm³/mol. The second kappa shape index (κ2) is 8.77. The molecule has 0 aliphatic carbocycles. The fourth-order valence-electron chi connectivity index (χ4n) is 2.48. The SMILES string of the molecule is COC(=O)c1cccc(NC(=O)c2ccc(NCc3ccc(C)cc3)nn2)c1. The van der Waals surface area contributed by atoms with Crippen molar-refractivity contribution in [3.8, 4) is 0 Å². The maximum absolute atomic E-state index is 12.3. The highest BCUT2D eigenvalue weighted by molar-refractivity contribution is 6.03. The van der Waals surface area contributed by atoms with E-state index in [1.165, 1.54) is 18.7 Å². The van der Waals surface area contributed by atoms with Gasteiger partial charge in [-0.15, -0.1) is 10.2 Å². The first-order valence-electron chi connectivity index (χ1n) is 8.68. The van der Waals surface area contributed by atoms with Crippen molar-refractivity contribution in [2.45, 2.75) is 13.5 Å². The smallest absolute Gasteiger partial charge is 0.337 e. The molecule has 1 heterocycles. The van der Waals surface area contributed by atoms with Gasteiger partial charge in [0.1, 0.15) is 5.82 Å². The van der Waals surface area contributed by atoms with E-state index < -0.39 is 11.9 Å². The van der Waals surface area contributed by atoms with Crippen molar-refractivity contribution < 1.29 is 14.3 Å². The van der Waals surface area contributed by atoms with Crippen molar-refractivity contribution in [2.75, 3.05) is 17.7 Å². The lowest BCUT2D eigenvalue weighted by atomic mass is 10.1. The molecule has 0 atom stereocenters. The maximum Gasteiger partial charge on any atom is 0.337 e. The summed E-state index contributed by atoms with van der Waals surface area (Å²) in [5, 5.41) is 13.9. The molecular formula is C21H20N4O3. The third kappa shape index (κ3) is 4.91. The van der Waals surface area contributed by atoms with E-state index in [9.17, 15) is 9.59 Å². The minimum atomic E-state index is -0.472. The fraction of sp³-hybridized carbons (Fsp3) is 0.143. The van der Waals surface area contributed by atoms with E-state index in [4.69, 9.17) is 0 Å². The summed E-state index contributed by atoms with van der Waals surface area (Å²) in [4.78, 5) is 23.9. The largest absolute Gasteiger partial charge is 0.465 e. The van der Waals surface area contributed by atoms with Gasteiger partial charge in [0.05, 0.1) is 12.7 Å². The van der Waals surface area contributed by atoms with Crippen LogP contribution in [0.5, 0.6) is 0 Å². The van der Waals surface area contributed by atoms with Gasteiger partial charge < -0.3 is 15.4 Å². The average molecular weight is 376 g/mol. The van der Waals surface area contributed by atoms with Crippen LogP contribution in [-0.4, -0.2) is 29.2 Å². The number of hydrogen-bond acceptors (Lipinski definition) is 6. The van der Waals surface area contributed by atoms with Crippen LogP contribution in [0.4, 0.5) is 11.5 Å². The van der Waals surface area contributed by atoms with Crippen molar-refractivity contribution in [1.29, 1.82) is 0 Å². The zero-order valence-electron chi connectivity index (χ0n) is 15.6. The van der Waals surface area contributed by atoms with Crippen LogP contribution in [0.2, 0.25) is 0 Å². The van der Waals surface area contributed by atoms with Crippen molar-refractivity contribution in [2.24, 2.45) is 0 Å². The molecule has 0 bridgehead atoms. The lowest BCUT2D eigenvalue weighted by molar-refractivity contribution is 0.0600. The highest BCUT2D eigenvalue weighted by atomic mass is 16.5. The maximum atomic E-state index is 12.3. The summed E-state index contributed by atoms with van der Waals surface area (Å²) < 4.78 is 4.67. The summed E-state index contributed by atoms with van der Waals surface area (Å²) in [5.41, 5.74) is 3.32. The van der Waals surface area contributed by atoms with Crippen LogP contribution in [0.15, 0.2) is 60.7 Å². The molecule has 0 unspecified atom stereocenters. The van der Waals surface area contributed by atoms with Crippen LogP contribution in [0, 0.1) is 6.92 Å². The number of hydrogen-bond donors (Lipinski definition) is 2. The Bertz CT molecular complexity index is 970. The molecule has 1 amide bonds. The van der Waals surface area contributed by atoms with E-state index in [2.05, 4.69) is 25.6 Å². The Hall–Kier alpha value is -3.74. The molecule has 2 N–H and O–H groups in total. The number of methoxy groups -OCH3 is 1. The van der Waals surface area contributed by atoms with Crippen molar-refractivity contribution in [1.82, 2.24) is 10.2 Å². The molecular weight excluding hydrogens is 356 g/mol. The summed E-state index contributed by atoms with van der Waals surface area (Å²) in [6.07, 6.45) is 0. The van der Waals surface area contributed by atoms with Gasteiger partial charge >= 0.3 is 5.97 Å². The van der Waals surface area contributed by atoms with E-state index in [0.717, 1.165) is 5.56 Å². The van der Waals surface area contributed by atoms with Gasteiger partial charge in [0.25, 0.3) is 5.91 Å². The number of benzene rings is 2. The van der Waals surface area contributed by atoms with Crippen LogP contribution in [0.1, 0.15) is 32.0 Å². The Balaban J connectivity index is 1.60. The molecule has 7 nitrogen and oxygen atoms in total. The van der Waals surface area contributed by atoms with E-state index >= 15 is 0 Å². The standard InChI is InChI=1S/C21H20N4O3/c1-14-6-8-15(9-7-14)13-22-19-11-10-18(24-25-19)20(26)23-17-5-3-4-16(12-17)21(27)28-2/h3-12H,13H2,1-2H3,(H,22,25)(H,23,26). The number of carbonyl (C=O) groups excluding carboxylic acids is 2. The number of nitrogens with one attached hydrogen (secondary N) is 2. The minimum absolute atomic E-state index is 0.171. The number of carbonyl (C=O) groups is 2. The Labute approximate surface area is 162 Å². The van der Waals surface area contributed by atoms with E-state index in [0.29, 0.717) is 23.6 Å². The number of rotatable bonds is 6. The van der Waals surface area contributed by atoms with Crippen LogP contribution in [0.25, 0.3) is 0 Å². The highest BCUT2D eigenvalue weighted by Crippen LogP contribution is 2.13. The number of ether oxygens (including phenoxy) is 1. The predicted octanol–water partition coefficient (Wildman–Crippen LogP) is 3.44. The van der Waals surface area contributed by atoms with E-state index in [1.807, 2.05) is 31.2 Å². The Morgan fingerprint density at radius 3 is 2.46 bits per heavy atom. The summed E-state index contributed by atoms with van der Waals surface area (Å²) >= 11 is 0. The summed E-state index contributed by atoms with van der Waals surface area (Å²) in [6, 6.07) is 17.9. The third-order valence-corrected chi connectivity index (χ3v) is 4.03. The minimum Gasteiger partial charge on any atom is -0.465 e. The van der Waals surface area contributed by atoms with E-state index in [-0.39, 0.29) is 5.69 Å². The number of esters is 1. The normalized spacial score (nSPS) is 10.2. The number of amides is 1. The molecule has 0 aliphatic rings. The summed E-state index contributed by atoms with van der Waals surface area (Å²) in [7, 11) is 1.30. The Morgan fingerprint density at radius 1 is 1.00 bits per heavy atom.